The molecular weight excluding hydrogens is 274 g/mol. The molecule has 1 aromatic rings. The molecule has 3 nitrogen and oxygen atoms in total. The molecule has 0 aliphatic carbocycles. The lowest BCUT2D eigenvalue weighted by atomic mass is 10.3. The van der Waals surface area contributed by atoms with Crippen molar-refractivity contribution in [2.24, 2.45) is 0 Å². The Morgan fingerprint density at radius 1 is 1.36 bits per heavy atom. The lowest BCUT2D eigenvalue weighted by Crippen LogP contribution is -1.98. The van der Waals surface area contributed by atoms with Gasteiger partial charge in [-0.3, -0.25) is 0 Å². The van der Waals surface area contributed by atoms with Crippen LogP contribution >= 0.6 is 31.9 Å². The Hall–Kier alpha value is -0.0300. The lowest BCUT2D eigenvalue weighted by molar-refractivity contribution is 0.816. The highest BCUT2D eigenvalue weighted by molar-refractivity contribution is 9.09. The van der Waals surface area contributed by atoms with Crippen LogP contribution in [0.5, 0.6) is 0 Å². The van der Waals surface area contributed by atoms with Crippen LogP contribution in [0.1, 0.15) is 17.1 Å². The third-order valence-corrected chi connectivity index (χ3v) is 2.48. The second-order valence-electron chi connectivity index (χ2n) is 1.94. The summed E-state index contributed by atoms with van der Waals surface area (Å²) in [5.74, 6) is 0.791. The zero-order valence-corrected chi connectivity index (χ0v) is 8.92. The van der Waals surface area contributed by atoms with Crippen molar-refractivity contribution in [2.45, 2.75) is 11.2 Å². The highest BCUT2D eigenvalue weighted by Crippen LogP contribution is 2.22. The molecule has 1 unspecified atom stereocenters. The number of rotatable bonds is 3. The fourth-order valence-electron chi connectivity index (χ4n) is 0.635. The smallest absolute Gasteiger partial charge is 0.145 e. The molecule has 1 atom stereocenters. The standard InChI is InChI=1S/C6H7Br2N3/c7-2-1-5(8)6-10-3-9-4-11-6/h3-5H,1-2H2. The van der Waals surface area contributed by atoms with E-state index in [0.717, 1.165) is 17.6 Å². The first-order valence-electron chi connectivity index (χ1n) is 3.16. The average Bonchev–Trinajstić information content (AvgIpc) is 2.07. The van der Waals surface area contributed by atoms with Gasteiger partial charge in [0, 0.05) is 5.33 Å². The topological polar surface area (TPSA) is 38.7 Å². The maximum atomic E-state index is 4.01. The van der Waals surface area contributed by atoms with Crippen molar-refractivity contribution < 1.29 is 0 Å². The van der Waals surface area contributed by atoms with E-state index < -0.39 is 0 Å². The van der Waals surface area contributed by atoms with Gasteiger partial charge >= 0.3 is 0 Å². The van der Waals surface area contributed by atoms with E-state index in [1.54, 1.807) is 0 Å². The molecule has 0 aliphatic heterocycles. The van der Waals surface area contributed by atoms with Gasteiger partial charge in [-0.1, -0.05) is 31.9 Å². The van der Waals surface area contributed by atoms with Gasteiger partial charge in [0.15, 0.2) is 0 Å². The van der Waals surface area contributed by atoms with E-state index in [-0.39, 0.29) is 4.83 Å². The Labute approximate surface area is 81.9 Å². The monoisotopic (exact) mass is 279 g/mol. The Kier molecular flexibility index (Phi) is 3.93. The van der Waals surface area contributed by atoms with Crippen LogP contribution in [-0.4, -0.2) is 20.3 Å². The summed E-state index contributed by atoms with van der Waals surface area (Å²) in [7, 11) is 0. The summed E-state index contributed by atoms with van der Waals surface area (Å²) in [6.07, 6.45) is 3.99. The Bertz CT molecular complexity index is 204. The molecule has 0 spiro atoms. The summed E-state index contributed by atoms with van der Waals surface area (Å²) >= 11 is 6.81. The second kappa shape index (κ2) is 4.77. The molecule has 5 heteroatoms. The highest BCUT2D eigenvalue weighted by atomic mass is 79.9. The predicted octanol–water partition coefficient (Wildman–Crippen LogP) is 2.09. The van der Waals surface area contributed by atoms with Crippen molar-refractivity contribution in [1.82, 2.24) is 15.0 Å². The molecule has 0 N–H and O–H groups in total. The number of hydrogen-bond donors (Lipinski definition) is 0. The summed E-state index contributed by atoms with van der Waals surface area (Å²) in [5, 5.41) is 0.939. The summed E-state index contributed by atoms with van der Waals surface area (Å²) in [6.45, 7) is 0. The van der Waals surface area contributed by atoms with Crippen molar-refractivity contribution in [3.8, 4) is 0 Å². The van der Waals surface area contributed by atoms with Crippen LogP contribution < -0.4 is 0 Å². The van der Waals surface area contributed by atoms with Crippen LogP contribution in [0.3, 0.4) is 0 Å². The minimum Gasteiger partial charge on any atom is -0.225 e. The van der Waals surface area contributed by atoms with Crippen molar-refractivity contribution in [3.05, 3.63) is 18.5 Å². The van der Waals surface area contributed by atoms with Crippen LogP contribution in [0.4, 0.5) is 0 Å². The zero-order valence-electron chi connectivity index (χ0n) is 5.74. The minimum absolute atomic E-state index is 0.227. The normalized spacial score (nSPS) is 12.9. The predicted molar refractivity (Wildman–Crippen MR) is 49.9 cm³/mol. The quantitative estimate of drug-likeness (QED) is 0.796. The molecule has 1 aromatic heterocycles. The van der Waals surface area contributed by atoms with Crippen molar-refractivity contribution >= 4 is 31.9 Å². The maximum absolute atomic E-state index is 4.01. The molecule has 0 saturated carbocycles. The van der Waals surface area contributed by atoms with E-state index in [0.29, 0.717) is 0 Å². The van der Waals surface area contributed by atoms with Crippen LogP contribution in [0.25, 0.3) is 0 Å². The first kappa shape index (κ1) is 9.06. The Balaban J connectivity index is 2.61. The fraction of sp³-hybridized carbons (Fsp3) is 0.500. The molecule has 0 amide bonds. The van der Waals surface area contributed by atoms with Gasteiger partial charge in [-0.05, 0) is 6.42 Å². The van der Waals surface area contributed by atoms with Gasteiger partial charge in [0.25, 0.3) is 0 Å². The van der Waals surface area contributed by atoms with Gasteiger partial charge in [0.05, 0.1) is 4.83 Å². The van der Waals surface area contributed by atoms with Gasteiger partial charge in [-0.25, -0.2) is 15.0 Å². The van der Waals surface area contributed by atoms with Gasteiger partial charge in [0.1, 0.15) is 18.5 Å². The average molecular weight is 281 g/mol. The molecule has 0 aliphatic rings. The molecule has 11 heavy (non-hydrogen) atoms. The minimum atomic E-state index is 0.227. The van der Waals surface area contributed by atoms with E-state index in [1.165, 1.54) is 12.7 Å². The van der Waals surface area contributed by atoms with Crippen LogP contribution in [0, 0.1) is 0 Å². The van der Waals surface area contributed by atoms with E-state index in [4.69, 9.17) is 0 Å². The summed E-state index contributed by atoms with van der Waals surface area (Å²) < 4.78 is 0. The van der Waals surface area contributed by atoms with E-state index >= 15 is 0 Å². The van der Waals surface area contributed by atoms with Crippen molar-refractivity contribution in [1.29, 1.82) is 0 Å². The van der Waals surface area contributed by atoms with Gasteiger partial charge in [-0.2, -0.15) is 0 Å². The third-order valence-electron chi connectivity index (χ3n) is 1.16. The number of halogens is 2. The highest BCUT2D eigenvalue weighted by Gasteiger charge is 2.07. The molecular formula is C6H7Br2N3. The molecule has 0 bridgehead atoms. The van der Waals surface area contributed by atoms with Crippen LogP contribution in [0.15, 0.2) is 12.7 Å². The molecule has 0 radical (unpaired) electrons. The SMILES string of the molecule is BrCCC(Br)c1ncncn1. The number of hydrogen-bond acceptors (Lipinski definition) is 3. The second-order valence-corrected chi connectivity index (χ2v) is 3.84. The van der Waals surface area contributed by atoms with Crippen molar-refractivity contribution in [2.75, 3.05) is 5.33 Å². The van der Waals surface area contributed by atoms with Gasteiger partial charge in [0.2, 0.25) is 0 Å². The molecule has 1 heterocycles. The summed E-state index contributed by atoms with van der Waals surface area (Å²) in [5.41, 5.74) is 0. The maximum Gasteiger partial charge on any atom is 0.145 e. The van der Waals surface area contributed by atoms with Gasteiger partial charge in [-0.15, -0.1) is 0 Å². The van der Waals surface area contributed by atoms with Crippen LogP contribution in [-0.2, 0) is 0 Å². The first-order valence-corrected chi connectivity index (χ1v) is 5.20. The first-order chi connectivity index (χ1) is 5.34. The molecule has 0 saturated heterocycles. The van der Waals surface area contributed by atoms with E-state index in [2.05, 4.69) is 46.8 Å². The van der Waals surface area contributed by atoms with Gasteiger partial charge < -0.3 is 0 Å². The Morgan fingerprint density at radius 3 is 2.55 bits per heavy atom. The number of aromatic nitrogens is 3. The molecule has 1 rings (SSSR count). The van der Waals surface area contributed by atoms with E-state index in [1.807, 2.05) is 0 Å². The summed E-state index contributed by atoms with van der Waals surface area (Å²) in [6, 6.07) is 0. The summed E-state index contributed by atoms with van der Waals surface area (Å²) in [4.78, 5) is 12.0. The number of alkyl halides is 2. The largest absolute Gasteiger partial charge is 0.225 e. The molecule has 0 fully saturated rings. The Morgan fingerprint density at radius 2 is 2.00 bits per heavy atom. The third kappa shape index (κ3) is 2.83. The zero-order chi connectivity index (χ0) is 8.10. The molecule has 60 valence electrons. The van der Waals surface area contributed by atoms with Crippen molar-refractivity contribution in [3.63, 3.8) is 0 Å². The molecule has 0 aromatic carbocycles. The fourth-order valence-corrected chi connectivity index (χ4v) is 2.17. The number of nitrogens with zero attached hydrogens (tertiary/aromatic N) is 3. The lowest BCUT2D eigenvalue weighted by Gasteiger charge is -2.03. The van der Waals surface area contributed by atoms with Crippen LogP contribution in [0.2, 0.25) is 0 Å². The van der Waals surface area contributed by atoms with E-state index in [9.17, 15) is 0 Å².